The summed E-state index contributed by atoms with van der Waals surface area (Å²) in [4.78, 5) is 199. The molecule has 0 aliphatic carbocycles. The van der Waals surface area contributed by atoms with Crippen molar-refractivity contribution in [3.63, 3.8) is 0 Å². The van der Waals surface area contributed by atoms with Crippen LogP contribution in [0.3, 0.4) is 0 Å². The van der Waals surface area contributed by atoms with Gasteiger partial charge < -0.3 is 107 Å². The van der Waals surface area contributed by atoms with Crippen LogP contribution in [-0.2, 0) is 86.4 Å². The van der Waals surface area contributed by atoms with E-state index in [1.165, 1.54) is 60.4 Å². The number of para-hydroxylation sites is 1. The lowest BCUT2D eigenvalue weighted by Gasteiger charge is -2.28. The summed E-state index contributed by atoms with van der Waals surface area (Å²) in [6, 6.07) is 2.89. The van der Waals surface area contributed by atoms with E-state index in [1.54, 1.807) is 30.5 Å². The van der Waals surface area contributed by atoms with E-state index in [1.807, 2.05) is 0 Å². The molecule has 37 heteroatoms. The molecule has 2 aliphatic rings. The standard InChI is InChI=1S/C65H88N18O17S2/c1-34-56(92)78-45(28-35-10-14-38(84)15-11-35)60(96)76-42(8-4-25-72-65(69)70)57(93)71-26-23-52(87)75-43(18-20-51(67)86)58(94)79-47(30-37-31-73-41-7-3-2-6-40(37)41)62(98)77-44(19-21-54(89)90)59(95)81-48(55(68)91)32-101-102-33-49(63(99)74-34)82-61(97)46(29-36-12-16-39(85)17-13-36)80-64(100)50-9-5-27-83(50)53(88)22-24-66/h2-3,6-7,10-17,31,34,42-50,73,84-85H,4-5,8-9,18-30,32-33,66H2,1H3,(H2,67,86)(H2,68,91)(H,71,93)(H,74,99)(H,75,87)(H,76,96)(H,77,98)(H,78,92)(H,79,94)(H,80,100)(H,81,95)(H,82,97)(H,89,90)(H4,69,70,72)/t34-,42-,43-,44-,45-,46-,47-,48-,49-,50-/m0/s1. The number of primary amides is 2. The van der Waals surface area contributed by atoms with Crippen molar-refractivity contribution < 1.29 is 82.4 Å². The summed E-state index contributed by atoms with van der Waals surface area (Å²) in [7, 11) is 1.67. The van der Waals surface area contributed by atoms with E-state index in [9.17, 15) is 82.4 Å². The molecular formula is C65H88N18O17S2. The van der Waals surface area contributed by atoms with Gasteiger partial charge in [-0.25, -0.2) is 0 Å². The van der Waals surface area contributed by atoms with Crippen molar-refractivity contribution in [2.75, 3.05) is 37.7 Å². The van der Waals surface area contributed by atoms with Gasteiger partial charge in [0.1, 0.15) is 71.9 Å². The zero-order chi connectivity index (χ0) is 74.6. The number of carbonyl (C=O) groups is 14. The molecule has 1 aromatic heterocycles. The van der Waals surface area contributed by atoms with Gasteiger partial charge in [0.05, 0.1) is 0 Å². The first kappa shape index (κ1) is 80.3. The maximum Gasteiger partial charge on any atom is 0.303 e. The number of phenols is 2. The number of benzene rings is 3. The molecule has 24 N–H and O–H groups in total. The number of hydrogen-bond acceptors (Lipinski definition) is 20. The third-order valence-corrected chi connectivity index (χ3v) is 18.9. The number of likely N-dealkylation sites (tertiary alicyclic amines) is 1. The number of amides is 13. The molecule has 2 fully saturated rings. The smallest absolute Gasteiger partial charge is 0.303 e. The van der Waals surface area contributed by atoms with Gasteiger partial charge in [0.2, 0.25) is 76.8 Å². The van der Waals surface area contributed by atoms with Crippen LogP contribution in [-0.4, -0.2) is 212 Å². The van der Waals surface area contributed by atoms with Gasteiger partial charge in [0, 0.05) is 99.7 Å². The van der Waals surface area contributed by atoms with Gasteiger partial charge in [-0.2, -0.15) is 0 Å². The second-order valence-electron chi connectivity index (χ2n) is 24.3. The Labute approximate surface area is 593 Å². The molecule has 35 nitrogen and oxygen atoms in total. The van der Waals surface area contributed by atoms with Crippen LogP contribution in [0.1, 0.15) is 87.8 Å². The van der Waals surface area contributed by atoms with Crippen LogP contribution >= 0.6 is 21.6 Å². The van der Waals surface area contributed by atoms with Gasteiger partial charge in [-0.15, -0.1) is 0 Å². The zero-order valence-corrected chi connectivity index (χ0v) is 57.5. The van der Waals surface area contributed by atoms with Gasteiger partial charge in [-0.3, -0.25) is 72.5 Å². The normalized spacial score (nSPS) is 22.3. The van der Waals surface area contributed by atoms with E-state index >= 15 is 0 Å². The van der Waals surface area contributed by atoms with E-state index in [2.05, 4.69) is 63.5 Å². The number of rotatable bonds is 23. The van der Waals surface area contributed by atoms with Crippen molar-refractivity contribution in [2.45, 2.75) is 151 Å². The fraction of sp³-hybridized carbons (Fsp3) is 0.462. The average molecular weight is 1460 g/mol. The third-order valence-electron chi connectivity index (χ3n) is 16.5. The number of carboxylic acids is 1. The van der Waals surface area contributed by atoms with Crippen LogP contribution in [0.15, 0.2) is 79.0 Å². The van der Waals surface area contributed by atoms with Crippen molar-refractivity contribution in [2.24, 2.45) is 22.9 Å². The van der Waals surface area contributed by atoms with Crippen molar-refractivity contribution >= 4 is 121 Å². The largest absolute Gasteiger partial charge is 0.508 e. The average Bonchev–Trinajstić information content (AvgIpc) is 1.63. The Morgan fingerprint density at radius 3 is 1.90 bits per heavy atom. The summed E-state index contributed by atoms with van der Waals surface area (Å²) in [5, 5.41) is 66.5. The first-order valence-electron chi connectivity index (χ1n) is 32.8. The number of aromatic nitrogens is 1. The number of aromatic hydroxyl groups is 2. The molecule has 13 amide bonds. The number of aromatic amines is 1. The molecule has 0 bridgehead atoms. The Bertz CT molecular complexity index is 3680. The third kappa shape index (κ3) is 25.8. The maximum absolute atomic E-state index is 14.8. The van der Waals surface area contributed by atoms with Gasteiger partial charge in [-0.1, -0.05) is 64.1 Å². The quantitative estimate of drug-likeness (QED) is 0.0146. The Kier molecular flexibility index (Phi) is 31.4. The van der Waals surface area contributed by atoms with E-state index in [0.717, 1.165) is 21.6 Å². The summed E-state index contributed by atoms with van der Waals surface area (Å²) in [6.07, 6.45) is -1.38. The van der Waals surface area contributed by atoms with Crippen molar-refractivity contribution in [3.05, 3.63) is 95.7 Å². The van der Waals surface area contributed by atoms with E-state index in [-0.39, 0.29) is 76.1 Å². The minimum absolute atomic E-state index is 0.00722. The van der Waals surface area contributed by atoms with Gasteiger partial charge in [0.15, 0.2) is 5.96 Å². The molecule has 3 heterocycles. The number of carboxylic acid groups (broad SMARTS) is 1. The van der Waals surface area contributed by atoms with E-state index in [0.29, 0.717) is 34.0 Å². The second-order valence-corrected chi connectivity index (χ2v) is 26.9. The first-order valence-corrected chi connectivity index (χ1v) is 35.3. The minimum atomic E-state index is -1.75. The minimum Gasteiger partial charge on any atom is -0.508 e. The molecule has 0 unspecified atom stereocenters. The molecule has 10 atom stereocenters. The molecule has 0 saturated carbocycles. The van der Waals surface area contributed by atoms with Gasteiger partial charge in [0.25, 0.3) is 0 Å². The van der Waals surface area contributed by atoms with Crippen LogP contribution in [0.4, 0.5) is 0 Å². The number of nitrogens with one attached hydrogen (secondary N) is 13. The van der Waals surface area contributed by atoms with Crippen LogP contribution in [0.2, 0.25) is 0 Å². The summed E-state index contributed by atoms with van der Waals surface area (Å²) in [5.41, 5.74) is 24.4. The van der Waals surface area contributed by atoms with E-state index in [4.69, 9.17) is 28.3 Å². The molecule has 0 radical (unpaired) electrons. The molecule has 102 heavy (non-hydrogen) atoms. The number of carbonyl (C=O) groups excluding carboxylic acids is 13. The van der Waals surface area contributed by atoms with Gasteiger partial charge in [-0.05, 0) is 92.5 Å². The summed E-state index contributed by atoms with van der Waals surface area (Å²) in [6.45, 7) is 1.09. The van der Waals surface area contributed by atoms with Crippen molar-refractivity contribution in [1.29, 1.82) is 5.41 Å². The van der Waals surface area contributed by atoms with Crippen molar-refractivity contribution in [3.8, 4) is 11.5 Å². The molecule has 4 aromatic rings. The number of guanidine groups is 1. The predicted molar refractivity (Wildman–Crippen MR) is 373 cm³/mol. The highest BCUT2D eigenvalue weighted by Gasteiger charge is 2.38. The number of aliphatic carboxylic acids is 1. The Balaban J connectivity index is 1.38. The number of nitrogens with zero attached hydrogens (tertiary/aromatic N) is 1. The summed E-state index contributed by atoms with van der Waals surface area (Å²) < 4.78 is 0. The lowest BCUT2D eigenvalue weighted by Crippen LogP contribution is -2.60. The Hall–Kier alpha value is -10.7. The predicted octanol–water partition coefficient (Wildman–Crippen LogP) is -3.89. The van der Waals surface area contributed by atoms with Crippen molar-refractivity contribution in [1.82, 2.24) is 68.4 Å². The fourth-order valence-electron chi connectivity index (χ4n) is 11.0. The maximum atomic E-state index is 14.8. The number of H-pyrrole nitrogens is 1. The van der Waals surface area contributed by atoms with Gasteiger partial charge >= 0.3 is 5.97 Å². The van der Waals surface area contributed by atoms with Crippen LogP contribution in [0.5, 0.6) is 11.5 Å². The SMILES string of the molecule is C[C@@H]1NC(=O)[C@@H](NC(=O)[C@H](Cc2ccc(O)cc2)NC(=O)[C@@H]2CCCN2C(=O)CCN)CSSC[C@@H](C(N)=O)NC(=O)[C@H](CCC(=O)O)NC(=O)[C@H](Cc2c[nH]c3ccccc23)NC(=O)[C@H](CCC(N)=O)NC(=O)CCNC(=O)[C@H](CCCNC(=N)N)NC(=O)[C@H](Cc2ccc(O)cc2)NC1=O. The highest BCUT2D eigenvalue weighted by Crippen LogP contribution is 2.25. The topological polar surface area (TPSA) is 579 Å². The fourth-order valence-corrected chi connectivity index (χ4v) is 13.3. The molecular weight excluding hydrogens is 1370 g/mol. The van der Waals surface area contributed by atoms with Crippen LogP contribution in [0, 0.1) is 5.41 Å². The Morgan fingerprint density at radius 2 is 1.25 bits per heavy atom. The lowest BCUT2D eigenvalue weighted by atomic mass is 10.0. The number of nitrogens with two attached hydrogens (primary N) is 4. The highest BCUT2D eigenvalue weighted by atomic mass is 33.1. The van der Waals surface area contributed by atoms with Crippen LogP contribution < -0.4 is 81.4 Å². The Morgan fingerprint density at radius 1 is 0.667 bits per heavy atom. The molecule has 2 aliphatic heterocycles. The summed E-state index contributed by atoms with van der Waals surface area (Å²) in [5.74, 6) is -14.8. The molecule has 3 aromatic carbocycles. The van der Waals surface area contributed by atoms with Crippen LogP contribution in [0.25, 0.3) is 10.9 Å². The zero-order valence-electron chi connectivity index (χ0n) is 55.8. The molecule has 6 rings (SSSR count). The number of fused-ring (bicyclic) bond motifs is 1. The lowest BCUT2D eigenvalue weighted by molar-refractivity contribution is -0.139. The molecule has 0 spiro atoms. The number of hydrogen-bond donors (Lipinski definition) is 20. The monoisotopic (exact) mass is 1460 g/mol. The molecule has 2 saturated heterocycles. The first-order chi connectivity index (χ1) is 48.6. The second kappa shape index (κ2) is 39.9. The number of phenolic OH excluding ortho intramolecular Hbond substituents is 2. The molecule has 552 valence electrons. The highest BCUT2D eigenvalue weighted by molar-refractivity contribution is 8.76. The summed E-state index contributed by atoms with van der Waals surface area (Å²) >= 11 is 0. The van der Waals surface area contributed by atoms with E-state index < -0.39 is 199 Å².